The Labute approximate surface area is 216 Å². The molecule has 7 atom stereocenters. The van der Waals surface area contributed by atoms with E-state index in [2.05, 4.69) is 31.2 Å². The first kappa shape index (κ1) is 24.6. The molecule has 1 heterocycles. The molecule has 6 nitrogen and oxygen atoms in total. The van der Waals surface area contributed by atoms with Crippen LogP contribution >= 0.6 is 0 Å². The number of nitrogens with one attached hydrogen (secondary N) is 1. The number of ketones is 1. The number of allylic oxidation sites excluding steroid dienone is 1. The van der Waals surface area contributed by atoms with Gasteiger partial charge in [-0.05, 0) is 119 Å². The zero-order valence-electron chi connectivity index (χ0n) is 22.6. The van der Waals surface area contributed by atoms with Gasteiger partial charge in [-0.1, -0.05) is 24.6 Å². The minimum Gasteiger partial charge on any atom is -0.312 e. The van der Waals surface area contributed by atoms with Gasteiger partial charge in [-0.3, -0.25) is 9.63 Å². The van der Waals surface area contributed by atoms with Gasteiger partial charge in [0.05, 0.1) is 5.71 Å². The molecule has 36 heavy (non-hydrogen) atoms. The van der Waals surface area contributed by atoms with Crippen LogP contribution in [0.3, 0.4) is 0 Å². The van der Waals surface area contributed by atoms with E-state index in [-0.39, 0.29) is 16.9 Å². The number of rotatable bonds is 5. The van der Waals surface area contributed by atoms with E-state index in [9.17, 15) is 9.59 Å². The predicted molar refractivity (Wildman–Crippen MR) is 141 cm³/mol. The van der Waals surface area contributed by atoms with E-state index in [4.69, 9.17) is 4.84 Å². The van der Waals surface area contributed by atoms with Crippen molar-refractivity contribution in [3.8, 4) is 0 Å². The fourth-order valence-electron chi connectivity index (χ4n) is 9.38. The van der Waals surface area contributed by atoms with E-state index in [0.29, 0.717) is 35.6 Å². The van der Waals surface area contributed by atoms with Crippen molar-refractivity contribution in [2.75, 3.05) is 13.1 Å². The monoisotopic (exact) mass is 495 g/mol. The molecule has 1 saturated heterocycles. The summed E-state index contributed by atoms with van der Waals surface area (Å²) < 4.78 is 0. The summed E-state index contributed by atoms with van der Waals surface area (Å²) in [7, 11) is 0. The van der Waals surface area contributed by atoms with Crippen molar-refractivity contribution in [2.45, 2.75) is 110 Å². The van der Waals surface area contributed by atoms with E-state index in [1.807, 2.05) is 11.0 Å². The lowest BCUT2D eigenvalue weighted by Gasteiger charge is -2.58. The van der Waals surface area contributed by atoms with E-state index < -0.39 is 0 Å². The van der Waals surface area contributed by atoms with Crippen LogP contribution in [0.15, 0.2) is 16.8 Å². The third-order valence-corrected chi connectivity index (χ3v) is 11.5. The summed E-state index contributed by atoms with van der Waals surface area (Å²) in [5, 5.41) is 8.01. The predicted octanol–water partition coefficient (Wildman–Crippen LogP) is 5.86. The highest BCUT2D eigenvalue weighted by molar-refractivity contribution is 5.91. The molecule has 198 valence electrons. The van der Waals surface area contributed by atoms with Crippen LogP contribution in [-0.2, 0) is 9.63 Å². The van der Waals surface area contributed by atoms with E-state index >= 15 is 0 Å². The maximum atomic E-state index is 13.0. The number of hydrogen-bond donors (Lipinski definition) is 1. The molecule has 0 spiro atoms. The maximum absolute atomic E-state index is 13.0. The van der Waals surface area contributed by atoms with Crippen molar-refractivity contribution >= 4 is 17.6 Å². The van der Waals surface area contributed by atoms with Gasteiger partial charge in [0.1, 0.15) is 0 Å². The van der Waals surface area contributed by atoms with Crippen molar-refractivity contribution < 1.29 is 14.4 Å². The fourth-order valence-corrected chi connectivity index (χ4v) is 9.38. The summed E-state index contributed by atoms with van der Waals surface area (Å²) in [6.07, 6.45) is 15.2. The van der Waals surface area contributed by atoms with Gasteiger partial charge >= 0.3 is 6.09 Å². The molecule has 5 fully saturated rings. The van der Waals surface area contributed by atoms with Crippen molar-refractivity contribution in [2.24, 2.45) is 39.7 Å². The molecule has 1 amide bonds. The number of carbonyl (C=O) groups excluding carboxylic acids is 2. The highest BCUT2D eigenvalue weighted by atomic mass is 16.7. The molecule has 6 rings (SSSR count). The smallest absolute Gasteiger partial charge is 0.312 e. The summed E-state index contributed by atoms with van der Waals surface area (Å²) in [6.45, 7) is 8.83. The minimum atomic E-state index is -0.264. The molecule has 0 radical (unpaired) electrons. The second kappa shape index (κ2) is 9.25. The quantitative estimate of drug-likeness (QED) is 0.294. The molecule has 0 aromatic heterocycles. The second-order valence-electron chi connectivity index (χ2n) is 13.4. The first-order valence-corrected chi connectivity index (χ1v) is 14.8. The molecular weight excluding hydrogens is 450 g/mol. The standard InChI is InChI=1S/C30H45N3O3/c1-19(32-36-28(35)33(22-7-8-22)18-21-5-4-16-31-21)25-10-11-26-24-9-6-20-17-23(34)12-14-29(20,2)27(24)13-15-30(25,26)3/h17,21-22,24-27,31H,4-16,18H2,1-3H3/b32-19+/t21?,24-,25+,26-,27-,29-,30+/m0/s1. The van der Waals surface area contributed by atoms with E-state index in [1.54, 1.807) is 0 Å². The molecule has 0 aromatic carbocycles. The molecule has 1 N–H and O–H groups in total. The van der Waals surface area contributed by atoms with Gasteiger partial charge < -0.3 is 10.2 Å². The summed E-state index contributed by atoms with van der Waals surface area (Å²) in [5.41, 5.74) is 2.89. The lowest BCUT2D eigenvalue weighted by atomic mass is 9.46. The number of oxime groups is 1. The number of hydrogen-bond acceptors (Lipinski definition) is 5. The topological polar surface area (TPSA) is 71.0 Å². The van der Waals surface area contributed by atoms with Crippen LogP contribution < -0.4 is 5.32 Å². The van der Waals surface area contributed by atoms with Gasteiger partial charge in [-0.15, -0.1) is 0 Å². The molecule has 1 unspecified atom stereocenters. The lowest BCUT2D eigenvalue weighted by Crippen LogP contribution is -2.51. The Balaban J connectivity index is 1.14. The first-order valence-electron chi connectivity index (χ1n) is 14.8. The summed E-state index contributed by atoms with van der Waals surface area (Å²) >= 11 is 0. The SMILES string of the molecule is C/C(=N\OC(=O)N(CC1CCCN1)C1CC1)[C@H]1CC[C@H]2[C@@H]3CCC4=CC(=O)CC[C@]4(C)[C@H]3CC[C@]12C. The molecule has 6 heteroatoms. The zero-order valence-corrected chi connectivity index (χ0v) is 22.6. The van der Waals surface area contributed by atoms with Crippen molar-refractivity contribution in [1.82, 2.24) is 10.2 Å². The van der Waals surface area contributed by atoms with Gasteiger partial charge in [-0.2, -0.15) is 0 Å². The molecular formula is C30H45N3O3. The van der Waals surface area contributed by atoms with Gasteiger partial charge in [0.25, 0.3) is 0 Å². The van der Waals surface area contributed by atoms with E-state index in [0.717, 1.165) is 69.7 Å². The summed E-state index contributed by atoms with van der Waals surface area (Å²) in [6, 6.07) is 0.726. The highest BCUT2D eigenvalue weighted by Gasteiger charge is 2.59. The van der Waals surface area contributed by atoms with Crippen LogP contribution in [0.1, 0.15) is 97.8 Å². The van der Waals surface area contributed by atoms with Crippen LogP contribution in [-0.4, -0.2) is 47.7 Å². The Morgan fingerprint density at radius 3 is 2.67 bits per heavy atom. The molecule has 1 aliphatic heterocycles. The number of amides is 1. The van der Waals surface area contributed by atoms with Crippen molar-refractivity contribution in [1.29, 1.82) is 0 Å². The first-order chi connectivity index (χ1) is 17.3. The molecule has 0 aromatic rings. The molecule has 0 bridgehead atoms. The average Bonchev–Trinajstić information content (AvgIpc) is 3.44. The number of carbonyl (C=O) groups is 2. The average molecular weight is 496 g/mol. The van der Waals surface area contributed by atoms with Crippen LogP contribution in [0.25, 0.3) is 0 Å². The van der Waals surface area contributed by atoms with Crippen molar-refractivity contribution in [3.05, 3.63) is 11.6 Å². The molecule has 4 saturated carbocycles. The van der Waals surface area contributed by atoms with Gasteiger partial charge in [-0.25, -0.2) is 4.79 Å². The molecule has 5 aliphatic carbocycles. The zero-order chi connectivity index (χ0) is 25.1. The number of nitrogens with zero attached hydrogens (tertiary/aromatic N) is 2. The van der Waals surface area contributed by atoms with E-state index in [1.165, 1.54) is 37.7 Å². The lowest BCUT2D eigenvalue weighted by molar-refractivity contribution is -0.117. The summed E-state index contributed by atoms with van der Waals surface area (Å²) in [4.78, 5) is 32.7. The summed E-state index contributed by atoms with van der Waals surface area (Å²) in [5.74, 6) is 2.87. The Kier molecular flexibility index (Phi) is 6.33. The van der Waals surface area contributed by atoms with Crippen LogP contribution in [0.2, 0.25) is 0 Å². The third-order valence-electron chi connectivity index (χ3n) is 11.5. The third kappa shape index (κ3) is 4.16. The normalized spacial score (nSPS) is 42.3. The Morgan fingerprint density at radius 2 is 1.92 bits per heavy atom. The van der Waals surface area contributed by atoms with Crippen LogP contribution in [0, 0.1) is 34.5 Å². The second-order valence-corrected chi connectivity index (χ2v) is 13.4. The van der Waals surface area contributed by atoms with Gasteiger partial charge in [0.2, 0.25) is 0 Å². The number of fused-ring (bicyclic) bond motifs is 5. The minimum absolute atomic E-state index is 0.218. The Hall–Kier alpha value is -1.69. The maximum Gasteiger partial charge on any atom is 0.436 e. The highest BCUT2D eigenvalue weighted by Crippen LogP contribution is 2.66. The fraction of sp³-hybridized carbons (Fsp3) is 0.833. The largest absolute Gasteiger partial charge is 0.436 e. The van der Waals surface area contributed by atoms with Gasteiger partial charge in [0.15, 0.2) is 5.78 Å². The van der Waals surface area contributed by atoms with Gasteiger partial charge in [0, 0.05) is 31.0 Å². The Bertz CT molecular complexity index is 964. The van der Waals surface area contributed by atoms with Crippen molar-refractivity contribution in [3.63, 3.8) is 0 Å². The van der Waals surface area contributed by atoms with Crippen LogP contribution in [0.4, 0.5) is 4.79 Å². The Morgan fingerprint density at radius 1 is 1.08 bits per heavy atom. The molecule has 6 aliphatic rings. The van der Waals surface area contributed by atoms with Crippen LogP contribution in [0.5, 0.6) is 0 Å².